The largest absolute Gasteiger partial charge is 0.372 e. The summed E-state index contributed by atoms with van der Waals surface area (Å²) in [7, 11) is 0. The summed E-state index contributed by atoms with van der Waals surface area (Å²) in [5.41, 5.74) is 6.78. The number of benzene rings is 1. The molecule has 0 saturated carbocycles. The Morgan fingerprint density at radius 2 is 2.00 bits per heavy atom. The Balaban J connectivity index is 1.79. The number of ether oxygens (including phenoxy) is 1. The SMILES string of the molecule is CCc1ccc(CC(NN)c2ccc3c(c2)COC3)s1. The van der Waals surface area contributed by atoms with Gasteiger partial charge in [0.15, 0.2) is 0 Å². The van der Waals surface area contributed by atoms with E-state index in [-0.39, 0.29) is 6.04 Å². The van der Waals surface area contributed by atoms with Crippen LogP contribution in [0.4, 0.5) is 0 Å². The number of hydrazine groups is 1. The molecule has 4 heteroatoms. The first kappa shape index (κ1) is 13.8. The van der Waals surface area contributed by atoms with Crippen LogP contribution in [-0.4, -0.2) is 0 Å². The summed E-state index contributed by atoms with van der Waals surface area (Å²) >= 11 is 1.88. The Bertz CT molecular complexity index is 594. The fraction of sp³-hybridized carbons (Fsp3) is 0.375. The van der Waals surface area contributed by atoms with Crippen LogP contribution >= 0.6 is 11.3 Å². The molecule has 2 aromatic rings. The van der Waals surface area contributed by atoms with Crippen LogP contribution in [-0.2, 0) is 30.8 Å². The third-order valence-electron chi connectivity index (χ3n) is 3.82. The van der Waals surface area contributed by atoms with Gasteiger partial charge in [-0.3, -0.25) is 11.3 Å². The molecule has 1 aliphatic rings. The molecule has 2 heterocycles. The summed E-state index contributed by atoms with van der Waals surface area (Å²) in [4.78, 5) is 2.81. The molecule has 0 fully saturated rings. The van der Waals surface area contributed by atoms with E-state index in [0.29, 0.717) is 0 Å². The number of fused-ring (bicyclic) bond motifs is 1. The van der Waals surface area contributed by atoms with Gasteiger partial charge < -0.3 is 4.74 Å². The number of thiophene rings is 1. The lowest BCUT2D eigenvalue weighted by atomic mass is 9.99. The van der Waals surface area contributed by atoms with Gasteiger partial charge in [-0.1, -0.05) is 25.1 Å². The van der Waals surface area contributed by atoms with Crippen LogP contribution in [0.2, 0.25) is 0 Å². The molecule has 0 aliphatic carbocycles. The van der Waals surface area contributed by atoms with Crippen molar-refractivity contribution in [2.24, 2.45) is 5.84 Å². The zero-order chi connectivity index (χ0) is 13.9. The summed E-state index contributed by atoms with van der Waals surface area (Å²) in [5.74, 6) is 5.76. The minimum absolute atomic E-state index is 0.157. The smallest absolute Gasteiger partial charge is 0.0725 e. The topological polar surface area (TPSA) is 47.3 Å². The van der Waals surface area contributed by atoms with E-state index in [1.807, 2.05) is 11.3 Å². The van der Waals surface area contributed by atoms with Crippen molar-refractivity contribution < 1.29 is 4.74 Å². The summed E-state index contributed by atoms with van der Waals surface area (Å²) < 4.78 is 5.47. The highest BCUT2D eigenvalue weighted by Crippen LogP contribution is 2.27. The third-order valence-corrected chi connectivity index (χ3v) is 5.07. The van der Waals surface area contributed by atoms with Crippen molar-refractivity contribution in [3.8, 4) is 0 Å². The van der Waals surface area contributed by atoms with Crippen molar-refractivity contribution >= 4 is 11.3 Å². The molecule has 3 nitrogen and oxygen atoms in total. The number of nitrogens with one attached hydrogen (secondary N) is 1. The number of aryl methyl sites for hydroxylation is 1. The zero-order valence-corrected chi connectivity index (χ0v) is 12.5. The minimum atomic E-state index is 0.157. The van der Waals surface area contributed by atoms with Crippen LogP contribution in [0.25, 0.3) is 0 Å². The Hall–Kier alpha value is -1.20. The molecule has 1 aliphatic heterocycles. The van der Waals surface area contributed by atoms with E-state index in [0.717, 1.165) is 26.1 Å². The Labute approximate surface area is 123 Å². The Morgan fingerprint density at radius 1 is 1.20 bits per heavy atom. The molecule has 0 radical (unpaired) electrons. The standard InChI is InChI=1S/C16H20N2OS/c1-2-14-5-6-15(20-14)8-16(18-17)11-3-4-12-9-19-10-13(12)7-11/h3-7,16,18H,2,8-10,17H2,1H3. The Kier molecular flexibility index (Phi) is 4.17. The molecule has 20 heavy (non-hydrogen) atoms. The minimum Gasteiger partial charge on any atom is -0.372 e. The summed E-state index contributed by atoms with van der Waals surface area (Å²) in [6.07, 6.45) is 2.03. The molecular weight excluding hydrogens is 268 g/mol. The van der Waals surface area contributed by atoms with E-state index in [1.165, 1.54) is 26.4 Å². The summed E-state index contributed by atoms with van der Waals surface area (Å²) in [5, 5.41) is 0. The predicted molar refractivity (Wildman–Crippen MR) is 82.4 cm³/mol. The van der Waals surface area contributed by atoms with Gasteiger partial charge in [0.25, 0.3) is 0 Å². The number of hydrogen-bond acceptors (Lipinski definition) is 4. The van der Waals surface area contributed by atoms with E-state index >= 15 is 0 Å². The van der Waals surface area contributed by atoms with Crippen molar-refractivity contribution in [3.05, 3.63) is 56.8 Å². The van der Waals surface area contributed by atoms with E-state index < -0.39 is 0 Å². The number of nitrogens with two attached hydrogens (primary N) is 1. The van der Waals surface area contributed by atoms with Gasteiger partial charge in [0.1, 0.15) is 0 Å². The van der Waals surface area contributed by atoms with Gasteiger partial charge in [-0.25, -0.2) is 0 Å². The molecule has 1 unspecified atom stereocenters. The fourth-order valence-corrected chi connectivity index (χ4v) is 3.61. The van der Waals surface area contributed by atoms with Gasteiger partial charge in [-0.05, 0) is 35.2 Å². The van der Waals surface area contributed by atoms with Crippen molar-refractivity contribution in [2.75, 3.05) is 0 Å². The fourth-order valence-electron chi connectivity index (χ4n) is 2.60. The molecule has 1 aromatic carbocycles. The van der Waals surface area contributed by atoms with Crippen LogP contribution < -0.4 is 11.3 Å². The molecule has 106 valence electrons. The van der Waals surface area contributed by atoms with Gasteiger partial charge in [-0.15, -0.1) is 11.3 Å². The van der Waals surface area contributed by atoms with Crippen molar-refractivity contribution in [2.45, 2.75) is 39.0 Å². The molecule has 1 aromatic heterocycles. The van der Waals surface area contributed by atoms with Gasteiger partial charge in [-0.2, -0.15) is 0 Å². The first-order chi connectivity index (χ1) is 9.80. The van der Waals surface area contributed by atoms with Gasteiger partial charge in [0, 0.05) is 16.2 Å². The maximum atomic E-state index is 5.76. The highest BCUT2D eigenvalue weighted by molar-refractivity contribution is 7.11. The third kappa shape index (κ3) is 2.79. The van der Waals surface area contributed by atoms with Crippen molar-refractivity contribution in [1.82, 2.24) is 5.43 Å². The molecule has 1 atom stereocenters. The van der Waals surface area contributed by atoms with Crippen molar-refractivity contribution in [1.29, 1.82) is 0 Å². The summed E-state index contributed by atoms with van der Waals surface area (Å²) in [6, 6.07) is 11.1. The first-order valence-corrected chi connectivity index (χ1v) is 7.85. The van der Waals surface area contributed by atoms with Gasteiger partial charge in [0.05, 0.1) is 19.3 Å². The van der Waals surface area contributed by atoms with E-state index in [4.69, 9.17) is 10.6 Å². The molecule has 0 amide bonds. The number of rotatable bonds is 5. The lowest BCUT2D eigenvalue weighted by molar-refractivity contribution is 0.134. The second-order valence-corrected chi connectivity index (χ2v) is 6.42. The van der Waals surface area contributed by atoms with Gasteiger partial charge in [0.2, 0.25) is 0 Å². The molecule has 3 rings (SSSR count). The lowest BCUT2D eigenvalue weighted by Gasteiger charge is -2.16. The lowest BCUT2D eigenvalue weighted by Crippen LogP contribution is -2.29. The van der Waals surface area contributed by atoms with E-state index in [9.17, 15) is 0 Å². The normalized spacial score (nSPS) is 15.3. The monoisotopic (exact) mass is 288 g/mol. The Morgan fingerprint density at radius 3 is 2.75 bits per heavy atom. The maximum absolute atomic E-state index is 5.76. The quantitative estimate of drug-likeness (QED) is 0.656. The average molecular weight is 288 g/mol. The zero-order valence-electron chi connectivity index (χ0n) is 11.7. The second kappa shape index (κ2) is 6.06. The van der Waals surface area contributed by atoms with E-state index in [1.54, 1.807) is 0 Å². The van der Waals surface area contributed by atoms with Crippen LogP contribution in [0.1, 0.15) is 39.4 Å². The molecule has 0 bridgehead atoms. The average Bonchev–Trinajstić information content (AvgIpc) is 3.12. The second-order valence-electron chi connectivity index (χ2n) is 5.17. The highest BCUT2D eigenvalue weighted by atomic mass is 32.1. The molecular formula is C16H20N2OS. The highest BCUT2D eigenvalue weighted by Gasteiger charge is 2.16. The summed E-state index contributed by atoms with van der Waals surface area (Å²) in [6.45, 7) is 3.65. The van der Waals surface area contributed by atoms with Crippen LogP contribution in [0.3, 0.4) is 0 Å². The van der Waals surface area contributed by atoms with Crippen LogP contribution in [0.15, 0.2) is 30.3 Å². The van der Waals surface area contributed by atoms with Crippen LogP contribution in [0.5, 0.6) is 0 Å². The van der Waals surface area contributed by atoms with Crippen molar-refractivity contribution in [3.63, 3.8) is 0 Å². The first-order valence-electron chi connectivity index (χ1n) is 7.03. The van der Waals surface area contributed by atoms with Gasteiger partial charge >= 0.3 is 0 Å². The molecule has 0 spiro atoms. The predicted octanol–water partition coefficient (Wildman–Crippen LogP) is 3.09. The maximum Gasteiger partial charge on any atom is 0.0725 e. The van der Waals surface area contributed by atoms with Crippen LogP contribution in [0, 0.1) is 0 Å². The molecule has 3 N–H and O–H groups in total. The van der Waals surface area contributed by atoms with E-state index in [2.05, 4.69) is 42.7 Å². The molecule has 0 saturated heterocycles. The number of hydrogen-bond donors (Lipinski definition) is 2.